The molecule has 1 N–H and O–H groups in total. The summed E-state index contributed by atoms with van der Waals surface area (Å²) in [7, 11) is 1.65. The lowest BCUT2D eigenvalue weighted by Crippen LogP contribution is -2.42. The molecule has 0 saturated carbocycles. The van der Waals surface area contributed by atoms with E-state index in [0.29, 0.717) is 6.61 Å². The lowest BCUT2D eigenvalue weighted by atomic mass is 10.3. The first-order valence-electron chi connectivity index (χ1n) is 5.25. The quantitative estimate of drug-likeness (QED) is 0.772. The van der Waals surface area contributed by atoms with E-state index >= 15 is 0 Å². The Morgan fingerprint density at radius 2 is 2.33 bits per heavy atom. The Morgan fingerprint density at radius 1 is 1.53 bits per heavy atom. The van der Waals surface area contributed by atoms with Crippen molar-refractivity contribution in [2.24, 2.45) is 0 Å². The smallest absolute Gasteiger partial charge is 0.162 e. The third-order valence-electron chi connectivity index (χ3n) is 2.49. The van der Waals surface area contributed by atoms with Gasteiger partial charge < -0.3 is 14.6 Å². The minimum absolute atomic E-state index is 0.495. The Labute approximate surface area is 89.4 Å². The summed E-state index contributed by atoms with van der Waals surface area (Å²) in [5, 5.41) is 7.33. The molecule has 0 amide bonds. The number of hydrogen-bond acceptors (Lipinski definition) is 5. The Hall–Kier alpha value is -0.910. The van der Waals surface area contributed by atoms with E-state index in [1.165, 1.54) is 0 Å². The van der Waals surface area contributed by atoms with Gasteiger partial charge in [0.25, 0.3) is 0 Å². The number of nitrogens with one attached hydrogen (secondary N) is 1. The van der Waals surface area contributed by atoms with Gasteiger partial charge >= 0.3 is 0 Å². The number of rotatable bonds is 4. The third-order valence-corrected chi connectivity index (χ3v) is 2.49. The van der Waals surface area contributed by atoms with Crippen LogP contribution in [0, 0.1) is 0 Å². The van der Waals surface area contributed by atoms with Gasteiger partial charge in [0, 0.05) is 45.9 Å². The SMILES string of the molecule is COCc1cc(CN2CCNCC2)no1. The van der Waals surface area contributed by atoms with Gasteiger partial charge in [-0.3, -0.25) is 4.90 Å². The average molecular weight is 211 g/mol. The second kappa shape index (κ2) is 5.25. The molecule has 0 aromatic carbocycles. The highest BCUT2D eigenvalue weighted by atomic mass is 16.5. The van der Waals surface area contributed by atoms with Crippen molar-refractivity contribution in [3.63, 3.8) is 0 Å². The van der Waals surface area contributed by atoms with Gasteiger partial charge in [0.2, 0.25) is 0 Å². The normalized spacial score (nSPS) is 18.2. The van der Waals surface area contributed by atoms with Crippen LogP contribution in [0.4, 0.5) is 0 Å². The molecule has 0 bridgehead atoms. The molecule has 84 valence electrons. The summed E-state index contributed by atoms with van der Waals surface area (Å²) in [5.74, 6) is 0.794. The maximum Gasteiger partial charge on any atom is 0.162 e. The summed E-state index contributed by atoms with van der Waals surface area (Å²) in [4.78, 5) is 2.37. The summed E-state index contributed by atoms with van der Waals surface area (Å²) in [6.07, 6.45) is 0. The van der Waals surface area contributed by atoms with Crippen molar-refractivity contribution in [3.8, 4) is 0 Å². The molecule has 1 aromatic rings. The van der Waals surface area contributed by atoms with Crippen molar-refractivity contribution >= 4 is 0 Å². The zero-order valence-electron chi connectivity index (χ0n) is 9.03. The molecule has 1 saturated heterocycles. The third kappa shape index (κ3) is 3.02. The Balaban J connectivity index is 1.86. The van der Waals surface area contributed by atoms with Crippen molar-refractivity contribution in [2.45, 2.75) is 13.2 Å². The lowest BCUT2D eigenvalue weighted by molar-refractivity contribution is 0.155. The molecule has 1 aromatic heterocycles. The van der Waals surface area contributed by atoms with Gasteiger partial charge in [-0.25, -0.2) is 0 Å². The van der Waals surface area contributed by atoms with Gasteiger partial charge in [-0.2, -0.15) is 0 Å². The predicted octanol–water partition coefficient (Wildman–Crippen LogP) is 0.226. The standard InChI is InChI=1S/C10H17N3O2/c1-14-8-10-6-9(12-15-10)7-13-4-2-11-3-5-13/h6,11H,2-5,7-8H2,1H3. The minimum Gasteiger partial charge on any atom is -0.377 e. The van der Waals surface area contributed by atoms with Crippen molar-refractivity contribution in [3.05, 3.63) is 17.5 Å². The number of nitrogens with zero attached hydrogens (tertiary/aromatic N) is 2. The first-order chi connectivity index (χ1) is 7.38. The fourth-order valence-corrected chi connectivity index (χ4v) is 1.74. The predicted molar refractivity (Wildman–Crippen MR) is 55.4 cm³/mol. The molecule has 5 heteroatoms. The fraction of sp³-hybridized carbons (Fsp3) is 0.700. The van der Waals surface area contributed by atoms with Crippen LogP contribution in [0.15, 0.2) is 10.6 Å². The van der Waals surface area contributed by atoms with Crippen molar-refractivity contribution in [2.75, 3.05) is 33.3 Å². The molecular formula is C10H17N3O2. The first-order valence-corrected chi connectivity index (χ1v) is 5.25. The maximum atomic E-state index is 5.13. The number of methoxy groups -OCH3 is 1. The van der Waals surface area contributed by atoms with Gasteiger partial charge in [0.15, 0.2) is 5.76 Å². The van der Waals surface area contributed by atoms with E-state index in [1.54, 1.807) is 7.11 Å². The molecule has 2 rings (SSSR count). The monoisotopic (exact) mass is 211 g/mol. The molecule has 2 heterocycles. The summed E-state index contributed by atoms with van der Waals surface area (Å²) >= 11 is 0. The number of ether oxygens (including phenoxy) is 1. The van der Waals surface area contributed by atoms with Crippen LogP contribution < -0.4 is 5.32 Å². The molecule has 15 heavy (non-hydrogen) atoms. The van der Waals surface area contributed by atoms with E-state index in [-0.39, 0.29) is 0 Å². The van der Waals surface area contributed by atoms with Gasteiger partial charge in [-0.05, 0) is 0 Å². The highest BCUT2D eigenvalue weighted by molar-refractivity contribution is 5.04. The molecule has 1 aliphatic heterocycles. The summed E-state index contributed by atoms with van der Waals surface area (Å²) in [6, 6.07) is 1.96. The van der Waals surface area contributed by atoms with E-state index in [9.17, 15) is 0 Å². The van der Waals surface area contributed by atoms with Crippen LogP contribution >= 0.6 is 0 Å². The molecule has 0 aliphatic carbocycles. The second-order valence-corrected chi connectivity index (χ2v) is 3.74. The largest absolute Gasteiger partial charge is 0.377 e. The van der Waals surface area contributed by atoms with Crippen LogP contribution in [0.1, 0.15) is 11.5 Å². The summed E-state index contributed by atoms with van der Waals surface area (Å²) in [6.45, 7) is 5.63. The molecule has 0 spiro atoms. The number of hydrogen-bond donors (Lipinski definition) is 1. The van der Waals surface area contributed by atoms with Crippen molar-refractivity contribution in [1.29, 1.82) is 0 Å². The van der Waals surface area contributed by atoms with Gasteiger partial charge in [0.05, 0.1) is 5.69 Å². The van der Waals surface area contributed by atoms with Crippen LogP contribution in [0.5, 0.6) is 0 Å². The average Bonchev–Trinajstić information content (AvgIpc) is 2.68. The van der Waals surface area contributed by atoms with Crippen molar-refractivity contribution < 1.29 is 9.26 Å². The van der Waals surface area contributed by atoms with Crippen LogP contribution in [0.3, 0.4) is 0 Å². The van der Waals surface area contributed by atoms with Gasteiger partial charge in [-0.15, -0.1) is 0 Å². The minimum atomic E-state index is 0.495. The highest BCUT2D eigenvalue weighted by Crippen LogP contribution is 2.08. The van der Waals surface area contributed by atoms with E-state index < -0.39 is 0 Å². The van der Waals surface area contributed by atoms with Crippen LogP contribution in [-0.2, 0) is 17.9 Å². The van der Waals surface area contributed by atoms with Crippen LogP contribution in [0.2, 0.25) is 0 Å². The Kier molecular flexibility index (Phi) is 3.71. The second-order valence-electron chi connectivity index (χ2n) is 3.74. The highest BCUT2D eigenvalue weighted by Gasteiger charge is 2.12. The van der Waals surface area contributed by atoms with E-state index in [2.05, 4.69) is 15.4 Å². The van der Waals surface area contributed by atoms with E-state index in [1.807, 2.05) is 6.07 Å². The zero-order chi connectivity index (χ0) is 10.5. The maximum absolute atomic E-state index is 5.13. The topological polar surface area (TPSA) is 50.5 Å². The van der Waals surface area contributed by atoms with Crippen LogP contribution in [0.25, 0.3) is 0 Å². The van der Waals surface area contributed by atoms with Crippen molar-refractivity contribution in [1.82, 2.24) is 15.4 Å². The van der Waals surface area contributed by atoms with E-state index in [4.69, 9.17) is 9.26 Å². The first kappa shape index (κ1) is 10.6. The fourth-order valence-electron chi connectivity index (χ4n) is 1.74. The zero-order valence-corrected chi connectivity index (χ0v) is 9.03. The van der Waals surface area contributed by atoms with Gasteiger partial charge in [0.1, 0.15) is 6.61 Å². The Bertz CT molecular complexity index is 295. The molecule has 0 radical (unpaired) electrons. The summed E-state index contributed by atoms with van der Waals surface area (Å²) < 4.78 is 10.1. The molecule has 0 atom stereocenters. The number of aromatic nitrogens is 1. The number of piperazine rings is 1. The van der Waals surface area contributed by atoms with E-state index in [0.717, 1.165) is 44.2 Å². The molecule has 1 fully saturated rings. The van der Waals surface area contributed by atoms with Gasteiger partial charge in [-0.1, -0.05) is 5.16 Å². The molecule has 5 nitrogen and oxygen atoms in total. The molecule has 1 aliphatic rings. The summed E-state index contributed by atoms with van der Waals surface area (Å²) in [5.41, 5.74) is 0.990. The molecular weight excluding hydrogens is 194 g/mol. The Morgan fingerprint density at radius 3 is 3.07 bits per heavy atom. The molecule has 0 unspecified atom stereocenters. The lowest BCUT2D eigenvalue weighted by Gasteiger charge is -2.25. The van der Waals surface area contributed by atoms with Crippen LogP contribution in [-0.4, -0.2) is 43.3 Å².